The highest BCUT2D eigenvalue weighted by molar-refractivity contribution is 7.89. The number of nitrogens with zero attached hydrogens (tertiary/aromatic N) is 5. The maximum absolute atomic E-state index is 11.8. The van der Waals surface area contributed by atoms with Crippen molar-refractivity contribution in [2.45, 2.75) is 25.3 Å². The molecule has 3 heterocycles. The molecule has 23 heavy (non-hydrogen) atoms. The number of sulfonamides is 1. The van der Waals surface area contributed by atoms with E-state index >= 15 is 0 Å². The number of rotatable bonds is 5. The van der Waals surface area contributed by atoms with E-state index < -0.39 is 10.0 Å². The van der Waals surface area contributed by atoms with Crippen LogP contribution in [0.1, 0.15) is 19.3 Å². The number of hydrogen-bond donors (Lipinski definition) is 0. The number of anilines is 1. The fourth-order valence-electron chi connectivity index (χ4n) is 3.40. The monoisotopic (exact) mass is 339 g/mol. The van der Waals surface area contributed by atoms with Gasteiger partial charge in [-0.25, -0.2) is 22.7 Å². The van der Waals surface area contributed by atoms with Crippen LogP contribution in [-0.2, 0) is 10.0 Å². The van der Waals surface area contributed by atoms with Gasteiger partial charge in [0.2, 0.25) is 10.0 Å². The van der Waals surface area contributed by atoms with E-state index in [0.29, 0.717) is 24.9 Å². The van der Waals surface area contributed by atoms with Crippen LogP contribution in [0, 0.1) is 0 Å². The van der Waals surface area contributed by atoms with Crippen molar-refractivity contribution in [3.8, 4) is 0 Å². The Balaban J connectivity index is 1.45. The van der Waals surface area contributed by atoms with Gasteiger partial charge in [0.25, 0.3) is 0 Å². The smallest absolute Gasteiger partial charge is 0.214 e. The molecule has 3 rings (SSSR count). The summed E-state index contributed by atoms with van der Waals surface area (Å²) < 4.78 is 25.3. The molecule has 0 unspecified atom stereocenters. The summed E-state index contributed by atoms with van der Waals surface area (Å²) >= 11 is 0. The van der Waals surface area contributed by atoms with Crippen molar-refractivity contribution in [1.29, 1.82) is 0 Å². The molecule has 0 radical (unpaired) electrons. The molecule has 2 aliphatic heterocycles. The molecule has 0 bridgehead atoms. The highest BCUT2D eigenvalue weighted by Gasteiger charge is 2.29. The van der Waals surface area contributed by atoms with Gasteiger partial charge in [-0.05, 0) is 25.3 Å². The van der Waals surface area contributed by atoms with E-state index in [0.717, 1.165) is 44.7 Å². The minimum atomic E-state index is -2.96. The highest BCUT2D eigenvalue weighted by atomic mass is 32.2. The fourth-order valence-corrected chi connectivity index (χ4v) is 4.92. The van der Waals surface area contributed by atoms with Gasteiger partial charge in [-0.2, -0.15) is 0 Å². The van der Waals surface area contributed by atoms with Crippen LogP contribution in [0.2, 0.25) is 0 Å². The molecule has 0 aromatic carbocycles. The second kappa shape index (κ2) is 7.11. The summed E-state index contributed by atoms with van der Waals surface area (Å²) in [4.78, 5) is 12.9. The third-order valence-corrected chi connectivity index (χ3v) is 6.86. The van der Waals surface area contributed by atoms with Crippen molar-refractivity contribution >= 4 is 15.8 Å². The van der Waals surface area contributed by atoms with Gasteiger partial charge in [-0.3, -0.25) is 0 Å². The summed E-state index contributed by atoms with van der Waals surface area (Å²) in [5.41, 5.74) is 0. The van der Waals surface area contributed by atoms with Crippen LogP contribution in [0.15, 0.2) is 18.6 Å². The molecule has 0 saturated carbocycles. The van der Waals surface area contributed by atoms with E-state index in [-0.39, 0.29) is 0 Å². The van der Waals surface area contributed by atoms with Crippen LogP contribution in [0.3, 0.4) is 0 Å². The van der Waals surface area contributed by atoms with Crippen LogP contribution < -0.4 is 4.90 Å². The molecule has 8 heteroatoms. The first-order chi connectivity index (χ1) is 11.1. The molecule has 0 atom stereocenters. The first-order valence-electron chi connectivity index (χ1n) is 8.25. The number of aromatic nitrogens is 2. The zero-order valence-corrected chi connectivity index (χ0v) is 14.5. The van der Waals surface area contributed by atoms with Gasteiger partial charge in [0.05, 0.1) is 5.75 Å². The van der Waals surface area contributed by atoms with E-state index in [1.165, 1.54) is 0 Å². The van der Waals surface area contributed by atoms with E-state index in [4.69, 9.17) is 0 Å². The Labute approximate surface area is 138 Å². The van der Waals surface area contributed by atoms with Gasteiger partial charge >= 0.3 is 0 Å². The second-order valence-electron chi connectivity index (χ2n) is 6.32. The number of likely N-dealkylation sites (tertiary alicyclic amines) is 1. The Morgan fingerprint density at radius 3 is 2.65 bits per heavy atom. The zero-order valence-electron chi connectivity index (χ0n) is 13.6. The Kier molecular flexibility index (Phi) is 5.13. The van der Waals surface area contributed by atoms with Crippen molar-refractivity contribution in [2.24, 2.45) is 0 Å². The van der Waals surface area contributed by atoms with Crippen molar-refractivity contribution in [3.05, 3.63) is 18.6 Å². The first kappa shape index (κ1) is 16.6. The van der Waals surface area contributed by atoms with Crippen molar-refractivity contribution in [3.63, 3.8) is 0 Å². The predicted molar refractivity (Wildman–Crippen MR) is 89.9 cm³/mol. The van der Waals surface area contributed by atoms with E-state index in [2.05, 4.69) is 26.8 Å². The topological polar surface area (TPSA) is 69.6 Å². The van der Waals surface area contributed by atoms with Crippen molar-refractivity contribution in [1.82, 2.24) is 19.2 Å². The van der Waals surface area contributed by atoms with Crippen LogP contribution >= 0.6 is 0 Å². The Bertz CT molecular complexity index is 602. The SMILES string of the molecule is CN(c1ccncn1)C1CCN(CCN2CCCS2(=O)=O)CC1. The summed E-state index contributed by atoms with van der Waals surface area (Å²) in [5.74, 6) is 1.28. The lowest BCUT2D eigenvalue weighted by Gasteiger charge is -2.37. The molecule has 1 aromatic heterocycles. The average Bonchev–Trinajstić information content (AvgIpc) is 2.92. The molecule has 2 aliphatic rings. The summed E-state index contributed by atoms with van der Waals surface area (Å²) in [6.45, 7) is 4.18. The maximum Gasteiger partial charge on any atom is 0.214 e. The Hall–Kier alpha value is -1.25. The third kappa shape index (κ3) is 3.99. The molecule has 0 N–H and O–H groups in total. The lowest BCUT2D eigenvalue weighted by molar-refractivity contribution is 0.199. The molecule has 128 valence electrons. The average molecular weight is 339 g/mol. The molecule has 0 amide bonds. The van der Waals surface area contributed by atoms with Crippen molar-refractivity contribution < 1.29 is 8.42 Å². The van der Waals surface area contributed by atoms with Crippen LogP contribution in [0.4, 0.5) is 5.82 Å². The summed E-state index contributed by atoms with van der Waals surface area (Å²) in [7, 11) is -0.881. The predicted octanol–water partition coefficient (Wildman–Crippen LogP) is 0.413. The molecule has 2 fully saturated rings. The van der Waals surface area contributed by atoms with E-state index in [9.17, 15) is 8.42 Å². The van der Waals surface area contributed by atoms with Gasteiger partial charge < -0.3 is 9.80 Å². The minimum Gasteiger partial charge on any atom is -0.356 e. The lowest BCUT2D eigenvalue weighted by atomic mass is 10.0. The zero-order chi connectivity index (χ0) is 16.3. The van der Waals surface area contributed by atoms with E-state index in [1.807, 2.05) is 6.07 Å². The largest absolute Gasteiger partial charge is 0.356 e. The van der Waals surface area contributed by atoms with Gasteiger partial charge in [0, 0.05) is 52.0 Å². The minimum absolute atomic E-state index is 0.318. The second-order valence-corrected chi connectivity index (χ2v) is 8.41. The molecule has 0 aliphatic carbocycles. The van der Waals surface area contributed by atoms with Crippen LogP contribution in [0.5, 0.6) is 0 Å². The molecular weight excluding hydrogens is 314 g/mol. The van der Waals surface area contributed by atoms with E-state index in [1.54, 1.807) is 16.8 Å². The molecule has 1 aromatic rings. The molecule has 2 saturated heterocycles. The molecule has 0 spiro atoms. The molecule has 7 nitrogen and oxygen atoms in total. The summed E-state index contributed by atoms with van der Waals surface area (Å²) in [6, 6.07) is 2.42. The third-order valence-electron chi connectivity index (χ3n) is 4.90. The first-order valence-corrected chi connectivity index (χ1v) is 9.86. The summed E-state index contributed by atoms with van der Waals surface area (Å²) in [6.07, 6.45) is 6.27. The van der Waals surface area contributed by atoms with Gasteiger partial charge in [-0.15, -0.1) is 0 Å². The highest BCUT2D eigenvalue weighted by Crippen LogP contribution is 2.20. The number of piperidine rings is 1. The standard InChI is InChI=1S/C15H25N5O2S/c1-18(15-3-6-16-13-17-15)14-4-8-19(9-5-14)10-11-20-7-2-12-23(20,21)22/h3,6,13-14H,2,4-5,7-12H2,1H3. The van der Waals surface area contributed by atoms with Crippen molar-refractivity contribution in [2.75, 3.05) is 50.4 Å². The van der Waals surface area contributed by atoms with Gasteiger partial charge in [-0.1, -0.05) is 0 Å². The Morgan fingerprint density at radius 2 is 2.04 bits per heavy atom. The lowest BCUT2D eigenvalue weighted by Crippen LogP contribution is -2.46. The normalized spacial score (nSPS) is 23.2. The van der Waals surface area contributed by atoms with Gasteiger partial charge in [0.15, 0.2) is 0 Å². The summed E-state index contributed by atoms with van der Waals surface area (Å²) in [5, 5.41) is 0. The fraction of sp³-hybridized carbons (Fsp3) is 0.733. The quantitative estimate of drug-likeness (QED) is 0.774. The maximum atomic E-state index is 11.8. The van der Waals surface area contributed by atoms with Gasteiger partial charge in [0.1, 0.15) is 12.1 Å². The van der Waals surface area contributed by atoms with Crippen LogP contribution in [-0.4, -0.2) is 79.2 Å². The Morgan fingerprint density at radius 1 is 1.26 bits per heavy atom. The number of hydrogen-bond acceptors (Lipinski definition) is 6. The molecular formula is C15H25N5O2S. The van der Waals surface area contributed by atoms with Crippen LogP contribution in [0.25, 0.3) is 0 Å².